The molecule has 0 aliphatic heterocycles. The molecule has 0 saturated heterocycles. The van der Waals surface area contributed by atoms with Crippen molar-refractivity contribution in [1.29, 1.82) is 0 Å². The van der Waals surface area contributed by atoms with Crippen LogP contribution in [0.25, 0.3) is 10.8 Å². The Morgan fingerprint density at radius 1 is 1.55 bits per heavy atom. The van der Waals surface area contributed by atoms with Gasteiger partial charge in [0.25, 0.3) is 0 Å². The summed E-state index contributed by atoms with van der Waals surface area (Å²) in [6.45, 7) is 6.31. The molecule has 6 heteroatoms. The number of hydrogen-bond acceptors (Lipinski definition) is 5. The van der Waals surface area contributed by atoms with Crippen LogP contribution in [-0.4, -0.2) is 28.6 Å². The van der Waals surface area contributed by atoms with Crippen LogP contribution in [0.1, 0.15) is 32.9 Å². The summed E-state index contributed by atoms with van der Waals surface area (Å²) >= 11 is 1.55. The normalized spacial score (nSPS) is 13.1. The van der Waals surface area contributed by atoms with Crippen molar-refractivity contribution in [2.24, 2.45) is 5.41 Å². The molecule has 0 saturated carbocycles. The molecule has 1 unspecified atom stereocenters. The van der Waals surface area contributed by atoms with Crippen molar-refractivity contribution in [3.63, 3.8) is 0 Å². The average Bonchev–Trinajstić information content (AvgIpc) is 3.05. The van der Waals surface area contributed by atoms with Gasteiger partial charge in [0, 0.05) is 6.54 Å². The number of hydrogen-bond donors (Lipinski definition) is 2. The molecular weight excluding hydrogens is 300 g/mol. The van der Waals surface area contributed by atoms with Gasteiger partial charge in [0.1, 0.15) is 6.26 Å². The van der Waals surface area contributed by atoms with E-state index in [1.54, 1.807) is 18.3 Å². The van der Waals surface area contributed by atoms with Crippen LogP contribution < -0.4 is 5.32 Å². The molecule has 120 valence electrons. The lowest BCUT2D eigenvalue weighted by molar-refractivity contribution is -0.121. The molecule has 0 bridgehead atoms. The molecule has 2 rings (SSSR count). The second kappa shape index (κ2) is 7.07. The van der Waals surface area contributed by atoms with Crippen molar-refractivity contribution in [3.8, 4) is 10.8 Å². The Balaban J connectivity index is 1.85. The smallest absolute Gasteiger partial charge is 0.236 e. The summed E-state index contributed by atoms with van der Waals surface area (Å²) in [5.41, 5.74) is 0.477. The van der Waals surface area contributed by atoms with E-state index in [9.17, 15) is 9.90 Å². The Bertz CT molecular complexity index is 603. The Hall–Kier alpha value is -1.66. The second-order valence-corrected chi connectivity index (χ2v) is 7.24. The summed E-state index contributed by atoms with van der Waals surface area (Å²) in [4.78, 5) is 17.3. The van der Waals surface area contributed by atoms with Gasteiger partial charge in [-0.1, -0.05) is 19.9 Å². The number of aliphatic hydroxyl groups excluding tert-OH is 1. The van der Waals surface area contributed by atoms with Gasteiger partial charge in [0.05, 0.1) is 23.1 Å². The van der Waals surface area contributed by atoms with Crippen LogP contribution in [0.15, 0.2) is 28.2 Å². The fourth-order valence-corrected chi connectivity index (χ4v) is 2.99. The van der Waals surface area contributed by atoms with Crippen LogP contribution in [-0.2, 0) is 11.2 Å². The van der Waals surface area contributed by atoms with Gasteiger partial charge in [-0.3, -0.25) is 4.79 Å². The maximum absolute atomic E-state index is 12.0. The molecule has 5 nitrogen and oxygen atoms in total. The van der Waals surface area contributed by atoms with Crippen molar-refractivity contribution >= 4 is 17.2 Å². The highest BCUT2D eigenvalue weighted by Gasteiger charge is 2.21. The zero-order chi connectivity index (χ0) is 16.2. The Labute approximate surface area is 134 Å². The second-order valence-electron chi connectivity index (χ2n) is 6.29. The van der Waals surface area contributed by atoms with E-state index in [4.69, 9.17) is 4.42 Å². The Morgan fingerprint density at radius 3 is 2.95 bits per heavy atom. The first-order chi connectivity index (χ1) is 10.4. The molecule has 0 aromatic carbocycles. The summed E-state index contributed by atoms with van der Waals surface area (Å²) in [5, 5.41) is 14.3. The fourth-order valence-electron chi connectivity index (χ4n) is 2.34. The van der Waals surface area contributed by atoms with Gasteiger partial charge in [0.15, 0.2) is 0 Å². The molecule has 0 spiro atoms. The molecule has 1 atom stereocenters. The molecule has 2 aromatic rings. The van der Waals surface area contributed by atoms with E-state index < -0.39 is 0 Å². The first-order valence-electron chi connectivity index (χ1n) is 7.29. The Morgan fingerprint density at radius 2 is 2.32 bits per heavy atom. The molecule has 1 amide bonds. The van der Waals surface area contributed by atoms with Gasteiger partial charge >= 0.3 is 0 Å². The van der Waals surface area contributed by atoms with Crippen LogP contribution in [0.3, 0.4) is 0 Å². The standard InChI is InChI=1S/C16H22N2O3S/c1-11(19)8-16(2,3)10-17-14(20)7-12-9-21-15(18-12)13-5-4-6-22-13/h4-6,9,11,19H,7-8,10H2,1-3H3,(H,17,20). The first-order valence-corrected chi connectivity index (χ1v) is 8.17. The molecule has 0 aliphatic rings. The third-order valence-electron chi connectivity index (χ3n) is 3.24. The summed E-state index contributed by atoms with van der Waals surface area (Å²) in [7, 11) is 0. The number of carbonyl (C=O) groups is 1. The number of carbonyl (C=O) groups excluding carboxylic acids is 1. The zero-order valence-electron chi connectivity index (χ0n) is 13.1. The van der Waals surface area contributed by atoms with Crippen molar-refractivity contribution in [2.45, 2.75) is 39.7 Å². The maximum Gasteiger partial charge on any atom is 0.236 e. The van der Waals surface area contributed by atoms with E-state index >= 15 is 0 Å². The van der Waals surface area contributed by atoms with Gasteiger partial charge in [0.2, 0.25) is 11.8 Å². The third kappa shape index (κ3) is 4.96. The lowest BCUT2D eigenvalue weighted by Crippen LogP contribution is -2.36. The predicted molar refractivity (Wildman–Crippen MR) is 86.6 cm³/mol. The number of amides is 1. The minimum atomic E-state index is -0.379. The number of thiophene rings is 1. The Kier molecular flexibility index (Phi) is 5.37. The van der Waals surface area contributed by atoms with E-state index in [1.165, 1.54) is 6.26 Å². The van der Waals surface area contributed by atoms with Crippen molar-refractivity contribution < 1.29 is 14.3 Å². The number of rotatable bonds is 7. The van der Waals surface area contributed by atoms with Crippen molar-refractivity contribution in [2.75, 3.05) is 6.54 Å². The summed E-state index contributed by atoms with van der Waals surface area (Å²) < 4.78 is 5.39. The van der Waals surface area contributed by atoms with Crippen molar-refractivity contribution in [3.05, 3.63) is 29.5 Å². The quantitative estimate of drug-likeness (QED) is 0.822. The van der Waals surface area contributed by atoms with E-state index in [0.29, 0.717) is 24.6 Å². The number of nitrogens with zero attached hydrogens (tertiary/aromatic N) is 1. The van der Waals surface area contributed by atoms with Gasteiger partial charge in [-0.2, -0.15) is 0 Å². The van der Waals surface area contributed by atoms with Gasteiger partial charge < -0.3 is 14.8 Å². The molecule has 2 N–H and O–H groups in total. The van der Waals surface area contributed by atoms with Crippen LogP contribution in [0.2, 0.25) is 0 Å². The largest absolute Gasteiger partial charge is 0.444 e. The van der Waals surface area contributed by atoms with E-state index in [-0.39, 0.29) is 23.8 Å². The summed E-state index contributed by atoms with van der Waals surface area (Å²) in [6, 6.07) is 3.86. The number of aliphatic hydroxyl groups is 1. The van der Waals surface area contributed by atoms with E-state index in [0.717, 1.165) is 4.88 Å². The van der Waals surface area contributed by atoms with Gasteiger partial charge in [-0.25, -0.2) is 4.98 Å². The number of nitrogens with one attached hydrogen (secondary N) is 1. The SMILES string of the molecule is CC(O)CC(C)(C)CNC(=O)Cc1coc(-c2cccs2)n1. The van der Waals surface area contributed by atoms with Gasteiger partial charge in [-0.15, -0.1) is 11.3 Å². The van der Waals surface area contributed by atoms with E-state index in [1.807, 2.05) is 31.4 Å². The van der Waals surface area contributed by atoms with Crippen LogP contribution in [0.5, 0.6) is 0 Å². The van der Waals surface area contributed by atoms with Crippen molar-refractivity contribution in [1.82, 2.24) is 10.3 Å². The molecule has 2 aromatic heterocycles. The zero-order valence-corrected chi connectivity index (χ0v) is 13.9. The lowest BCUT2D eigenvalue weighted by atomic mass is 9.87. The van der Waals surface area contributed by atoms with Gasteiger partial charge in [-0.05, 0) is 30.2 Å². The topological polar surface area (TPSA) is 75.4 Å². The fraction of sp³-hybridized carbons (Fsp3) is 0.500. The number of oxazole rings is 1. The van der Waals surface area contributed by atoms with Crippen LogP contribution in [0.4, 0.5) is 0 Å². The number of aromatic nitrogens is 1. The molecular formula is C16H22N2O3S. The highest BCUT2D eigenvalue weighted by molar-refractivity contribution is 7.13. The average molecular weight is 322 g/mol. The molecule has 22 heavy (non-hydrogen) atoms. The minimum absolute atomic E-state index is 0.0929. The highest BCUT2D eigenvalue weighted by Crippen LogP contribution is 2.24. The van der Waals surface area contributed by atoms with Crippen LogP contribution >= 0.6 is 11.3 Å². The third-order valence-corrected chi connectivity index (χ3v) is 4.10. The maximum atomic E-state index is 12.0. The summed E-state index contributed by atoms with van der Waals surface area (Å²) in [6.07, 6.45) is 1.98. The van der Waals surface area contributed by atoms with Crippen LogP contribution in [0, 0.1) is 5.41 Å². The summed E-state index contributed by atoms with van der Waals surface area (Å²) in [5.74, 6) is 0.455. The highest BCUT2D eigenvalue weighted by atomic mass is 32.1. The minimum Gasteiger partial charge on any atom is -0.444 e. The molecule has 0 fully saturated rings. The predicted octanol–water partition coefficient (Wildman–Crippen LogP) is 2.86. The monoisotopic (exact) mass is 322 g/mol. The molecule has 0 aliphatic carbocycles. The van der Waals surface area contributed by atoms with E-state index in [2.05, 4.69) is 10.3 Å². The molecule has 0 radical (unpaired) electrons. The molecule has 2 heterocycles. The lowest BCUT2D eigenvalue weighted by Gasteiger charge is -2.26. The first kappa shape index (κ1) is 16.7.